The van der Waals surface area contributed by atoms with Crippen LogP contribution in [0, 0.1) is 0 Å². The Hall–Kier alpha value is -5.13. The molecule has 0 spiro atoms. The van der Waals surface area contributed by atoms with E-state index in [-0.39, 0.29) is 22.4 Å². The lowest BCUT2D eigenvalue weighted by Crippen LogP contribution is -2.22. The van der Waals surface area contributed by atoms with Crippen LogP contribution in [0.4, 0.5) is 0 Å². The fourth-order valence-corrected chi connectivity index (χ4v) is 7.92. The molecule has 6 aromatic carbocycles. The van der Waals surface area contributed by atoms with E-state index in [0.29, 0.717) is 0 Å². The Morgan fingerprint density at radius 2 is 0.579 bits per heavy atom. The molecule has 0 saturated heterocycles. The largest absolute Gasteiger partial charge is 0.488 e. The van der Waals surface area contributed by atoms with Crippen molar-refractivity contribution < 1.29 is 18.9 Å². The molecule has 0 unspecified atom stereocenters. The number of hydrogen-bond acceptors (Lipinski definition) is 5. The fraction of sp³-hybridized carbons (Fsp3) is 0.308. The first-order valence-corrected chi connectivity index (χ1v) is 20.6. The van der Waals surface area contributed by atoms with Gasteiger partial charge < -0.3 is 18.9 Å². The Morgan fingerprint density at radius 3 is 0.877 bits per heavy atom. The van der Waals surface area contributed by atoms with Gasteiger partial charge in [-0.25, -0.2) is 0 Å². The zero-order valence-corrected chi connectivity index (χ0v) is 36.6. The van der Waals surface area contributed by atoms with Crippen LogP contribution in [0.15, 0.2) is 143 Å². The molecule has 5 heteroatoms. The van der Waals surface area contributed by atoms with Crippen molar-refractivity contribution in [3.63, 3.8) is 0 Å². The van der Waals surface area contributed by atoms with E-state index in [1.165, 1.54) is 0 Å². The zero-order valence-electron chi connectivity index (χ0n) is 35.7. The summed E-state index contributed by atoms with van der Waals surface area (Å²) in [6.45, 7) is 24.9. The highest BCUT2D eigenvalue weighted by molar-refractivity contribution is 7.99. The maximum atomic E-state index is 6.42. The summed E-state index contributed by atoms with van der Waals surface area (Å²) >= 11 is 1.77. The molecule has 0 saturated carbocycles. The molecule has 0 aliphatic heterocycles. The first-order valence-electron chi connectivity index (χ1n) is 19.8. The van der Waals surface area contributed by atoms with Crippen molar-refractivity contribution in [2.75, 3.05) is 0 Å². The van der Waals surface area contributed by atoms with Crippen molar-refractivity contribution in [1.82, 2.24) is 0 Å². The van der Waals surface area contributed by atoms with E-state index in [2.05, 4.69) is 192 Å². The molecule has 0 atom stereocenters. The van der Waals surface area contributed by atoms with Crippen LogP contribution in [0.1, 0.15) is 83.1 Å². The highest BCUT2D eigenvalue weighted by Crippen LogP contribution is 2.48. The van der Waals surface area contributed by atoms with Crippen LogP contribution in [0.2, 0.25) is 0 Å². The zero-order chi connectivity index (χ0) is 41.2. The summed E-state index contributed by atoms with van der Waals surface area (Å²) < 4.78 is 25.6. The highest BCUT2D eigenvalue weighted by Gasteiger charge is 2.22. The Kier molecular flexibility index (Phi) is 11.9. The predicted octanol–water partition coefficient (Wildman–Crippen LogP) is 15.2. The van der Waals surface area contributed by atoms with Gasteiger partial charge in [0.15, 0.2) is 0 Å². The topological polar surface area (TPSA) is 36.9 Å². The Balaban J connectivity index is 1.58. The molecule has 6 rings (SSSR count). The van der Waals surface area contributed by atoms with Gasteiger partial charge in [0.2, 0.25) is 0 Å². The second kappa shape index (κ2) is 16.4. The first kappa shape index (κ1) is 41.5. The predicted molar refractivity (Wildman–Crippen MR) is 240 cm³/mol. The third kappa shape index (κ3) is 11.5. The summed E-state index contributed by atoms with van der Waals surface area (Å²) in [6.07, 6.45) is 0. The van der Waals surface area contributed by atoms with E-state index in [1.54, 1.807) is 11.8 Å². The van der Waals surface area contributed by atoms with Gasteiger partial charge in [-0.05, 0) is 177 Å². The normalized spacial score (nSPS) is 12.3. The summed E-state index contributed by atoms with van der Waals surface area (Å²) in [5.74, 6) is 3.32. The lowest BCUT2D eigenvalue weighted by Gasteiger charge is -2.24. The summed E-state index contributed by atoms with van der Waals surface area (Å²) in [5, 5.41) is 0. The van der Waals surface area contributed by atoms with E-state index in [1.807, 2.05) is 24.3 Å². The molecular formula is C52H58O4S. The molecule has 0 aliphatic rings. The van der Waals surface area contributed by atoms with Crippen LogP contribution in [0.3, 0.4) is 0 Å². The van der Waals surface area contributed by atoms with E-state index in [4.69, 9.17) is 18.9 Å². The second-order valence-corrected chi connectivity index (χ2v) is 19.5. The molecule has 0 fully saturated rings. The van der Waals surface area contributed by atoms with Crippen LogP contribution in [-0.2, 0) is 0 Å². The number of hydrogen-bond donors (Lipinski definition) is 0. The van der Waals surface area contributed by atoms with Gasteiger partial charge in [0.05, 0.1) is 0 Å². The molecule has 6 aromatic rings. The molecule has 296 valence electrons. The quantitative estimate of drug-likeness (QED) is 0.138. The number of benzene rings is 6. The summed E-state index contributed by atoms with van der Waals surface area (Å²) in [4.78, 5) is 2.24. The molecule has 57 heavy (non-hydrogen) atoms. The Labute approximate surface area is 345 Å². The average molecular weight is 779 g/mol. The number of ether oxygens (including phenoxy) is 4. The lowest BCUT2D eigenvalue weighted by atomic mass is 9.94. The van der Waals surface area contributed by atoms with Crippen molar-refractivity contribution in [2.45, 2.75) is 115 Å². The third-order valence-electron chi connectivity index (χ3n) is 8.50. The van der Waals surface area contributed by atoms with Gasteiger partial charge in [-0.1, -0.05) is 84.6 Å². The Morgan fingerprint density at radius 1 is 0.316 bits per heavy atom. The summed E-state index contributed by atoms with van der Waals surface area (Å²) in [7, 11) is 0. The summed E-state index contributed by atoms with van der Waals surface area (Å²) in [5.41, 5.74) is 7.42. The maximum absolute atomic E-state index is 6.42. The molecular weight excluding hydrogens is 721 g/mol. The molecule has 0 bridgehead atoms. The van der Waals surface area contributed by atoms with Crippen LogP contribution < -0.4 is 18.9 Å². The minimum atomic E-state index is -0.343. The van der Waals surface area contributed by atoms with Crippen molar-refractivity contribution in [1.29, 1.82) is 0 Å². The second-order valence-electron chi connectivity index (χ2n) is 18.4. The third-order valence-corrected chi connectivity index (χ3v) is 9.62. The molecule has 0 radical (unpaired) electrons. The first-order chi connectivity index (χ1) is 26.7. The van der Waals surface area contributed by atoms with Crippen LogP contribution in [-0.4, -0.2) is 22.4 Å². The molecule has 0 aliphatic carbocycles. The minimum absolute atomic E-state index is 0.327. The van der Waals surface area contributed by atoms with Crippen molar-refractivity contribution in [2.24, 2.45) is 0 Å². The van der Waals surface area contributed by atoms with Crippen molar-refractivity contribution in [3.05, 3.63) is 133 Å². The van der Waals surface area contributed by atoms with Crippen LogP contribution in [0.25, 0.3) is 44.5 Å². The molecule has 4 nitrogen and oxygen atoms in total. The van der Waals surface area contributed by atoms with Gasteiger partial charge >= 0.3 is 0 Å². The van der Waals surface area contributed by atoms with Gasteiger partial charge in [0, 0.05) is 20.9 Å². The van der Waals surface area contributed by atoms with Crippen LogP contribution >= 0.6 is 11.8 Å². The highest BCUT2D eigenvalue weighted by atomic mass is 32.2. The maximum Gasteiger partial charge on any atom is 0.120 e. The molecule has 0 heterocycles. The lowest BCUT2D eigenvalue weighted by molar-refractivity contribution is 0.130. The van der Waals surface area contributed by atoms with Crippen molar-refractivity contribution >= 4 is 11.8 Å². The van der Waals surface area contributed by atoms with E-state index in [9.17, 15) is 0 Å². The molecule has 0 aromatic heterocycles. The Bertz CT molecular complexity index is 2160. The smallest absolute Gasteiger partial charge is 0.120 e. The molecule has 0 N–H and O–H groups in total. The standard InChI is InChI=1S/C52H58O4S/c1-49(2,3)53-39-23-13-19-35(31-39)43-27-17-29-45(47(43)37-21-15-25-41(33-37)55-51(7,8)9)57-46-30-18-28-44(36-20-14-24-40(32-36)54-50(4,5)6)48(46)38-22-16-26-42(34-38)56-52(10,11)12/h13-34H,1-12H3. The van der Waals surface area contributed by atoms with Gasteiger partial charge in [-0.15, -0.1) is 0 Å². The number of rotatable bonds is 10. The van der Waals surface area contributed by atoms with Gasteiger partial charge in [0.25, 0.3) is 0 Å². The van der Waals surface area contributed by atoms with Gasteiger partial charge in [-0.2, -0.15) is 0 Å². The monoisotopic (exact) mass is 778 g/mol. The van der Waals surface area contributed by atoms with E-state index in [0.717, 1.165) is 77.3 Å². The fourth-order valence-electron chi connectivity index (χ4n) is 6.73. The van der Waals surface area contributed by atoms with Crippen molar-refractivity contribution in [3.8, 4) is 67.5 Å². The average Bonchev–Trinajstić information content (AvgIpc) is 3.09. The summed E-state index contributed by atoms with van der Waals surface area (Å²) in [6, 6.07) is 46.9. The van der Waals surface area contributed by atoms with Gasteiger partial charge in [-0.3, -0.25) is 0 Å². The van der Waals surface area contributed by atoms with Crippen LogP contribution in [0.5, 0.6) is 23.0 Å². The van der Waals surface area contributed by atoms with Gasteiger partial charge in [0.1, 0.15) is 45.4 Å². The molecule has 0 amide bonds. The van der Waals surface area contributed by atoms with E-state index < -0.39 is 0 Å². The van der Waals surface area contributed by atoms with E-state index >= 15 is 0 Å². The minimum Gasteiger partial charge on any atom is -0.488 e. The SMILES string of the molecule is CC(C)(C)Oc1cccc(-c2cccc(Sc3cccc(-c4cccc(OC(C)(C)C)c4)c3-c3cccc(OC(C)(C)C)c3)c2-c2cccc(OC(C)(C)C)c2)c1.